The number of nitrogens with one attached hydrogen (secondary N) is 2. The number of amides is 3. The maximum atomic E-state index is 12.3. The van der Waals surface area contributed by atoms with Crippen molar-refractivity contribution in [2.75, 3.05) is 25.6 Å². The fourth-order valence-corrected chi connectivity index (χ4v) is 2.82. The lowest BCUT2D eigenvalue weighted by Crippen LogP contribution is -2.44. The predicted molar refractivity (Wildman–Crippen MR) is 92.3 cm³/mol. The molecule has 8 nitrogen and oxygen atoms in total. The Labute approximate surface area is 145 Å². The van der Waals surface area contributed by atoms with Crippen molar-refractivity contribution >= 4 is 17.6 Å². The number of hydrogen-bond acceptors (Lipinski definition) is 4. The molecule has 0 saturated carbocycles. The number of aromatic amines is 1. The van der Waals surface area contributed by atoms with Crippen molar-refractivity contribution in [2.24, 2.45) is 0 Å². The van der Waals surface area contributed by atoms with Crippen LogP contribution < -0.4 is 15.0 Å². The Bertz CT molecular complexity index is 747. The van der Waals surface area contributed by atoms with E-state index < -0.39 is 0 Å². The quantitative estimate of drug-likeness (QED) is 0.858. The largest absolute Gasteiger partial charge is 0.497 e. The maximum absolute atomic E-state index is 12.3. The van der Waals surface area contributed by atoms with E-state index in [0.717, 1.165) is 11.4 Å². The van der Waals surface area contributed by atoms with Crippen LogP contribution in [0, 0.1) is 0 Å². The number of hydrogen-bond donors (Lipinski definition) is 2. The highest BCUT2D eigenvalue weighted by Gasteiger charge is 2.32. The smallest absolute Gasteiger partial charge is 0.317 e. The first-order valence-corrected chi connectivity index (χ1v) is 8.01. The number of nitrogens with zero attached hydrogens (tertiary/aromatic N) is 3. The fourth-order valence-electron chi connectivity index (χ4n) is 2.82. The number of rotatable bonds is 5. The summed E-state index contributed by atoms with van der Waals surface area (Å²) in [7, 11) is 3.29. The second kappa shape index (κ2) is 7.25. The lowest BCUT2D eigenvalue weighted by atomic mass is 10.2. The summed E-state index contributed by atoms with van der Waals surface area (Å²) in [4.78, 5) is 27.8. The number of ether oxygens (including phenoxy) is 1. The SMILES string of the molecule is COc1cccc(N2CC(NC(=O)N(C)Cc3ccn[nH]3)CC2=O)c1. The van der Waals surface area contributed by atoms with E-state index >= 15 is 0 Å². The molecule has 1 aromatic heterocycles. The molecule has 0 aliphatic carbocycles. The van der Waals surface area contributed by atoms with Gasteiger partial charge in [0.15, 0.2) is 0 Å². The van der Waals surface area contributed by atoms with Crippen molar-refractivity contribution in [2.45, 2.75) is 19.0 Å². The molecule has 1 saturated heterocycles. The average molecular weight is 343 g/mol. The summed E-state index contributed by atoms with van der Waals surface area (Å²) in [6.07, 6.45) is 1.92. The Hall–Kier alpha value is -3.03. The molecule has 0 spiro atoms. The molecule has 1 fully saturated rings. The molecule has 1 aromatic carbocycles. The summed E-state index contributed by atoms with van der Waals surface area (Å²) >= 11 is 0. The molecule has 3 amide bonds. The zero-order chi connectivity index (χ0) is 17.8. The molecule has 0 bridgehead atoms. The molecule has 1 atom stereocenters. The third-order valence-electron chi connectivity index (χ3n) is 4.13. The van der Waals surface area contributed by atoms with E-state index in [-0.39, 0.29) is 24.4 Å². The fraction of sp³-hybridized carbons (Fsp3) is 0.353. The highest BCUT2D eigenvalue weighted by Crippen LogP contribution is 2.25. The van der Waals surface area contributed by atoms with Crippen LogP contribution in [-0.2, 0) is 11.3 Å². The number of carbonyl (C=O) groups excluding carboxylic acids is 2. The molecule has 2 N–H and O–H groups in total. The molecule has 0 radical (unpaired) electrons. The third-order valence-corrected chi connectivity index (χ3v) is 4.13. The Kier molecular flexibility index (Phi) is 4.87. The summed E-state index contributed by atoms with van der Waals surface area (Å²) < 4.78 is 5.20. The van der Waals surface area contributed by atoms with E-state index in [4.69, 9.17) is 4.74 Å². The summed E-state index contributed by atoms with van der Waals surface area (Å²) in [5.41, 5.74) is 1.62. The van der Waals surface area contributed by atoms with Gasteiger partial charge in [-0.05, 0) is 18.2 Å². The summed E-state index contributed by atoms with van der Waals surface area (Å²) in [6, 6.07) is 8.70. The van der Waals surface area contributed by atoms with E-state index in [2.05, 4.69) is 15.5 Å². The van der Waals surface area contributed by atoms with E-state index in [9.17, 15) is 9.59 Å². The van der Waals surface area contributed by atoms with Crippen LogP contribution in [0.1, 0.15) is 12.1 Å². The van der Waals surface area contributed by atoms with Crippen LogP contribution in [0.2, 0.25) is 0 Å². The first-order chi connectivity index (χ1) is 12.1. The monoisotopic (exact) mass is 343 g/mol. The van der Waals surface area contributed by atoms with Crippen molar-refractivity contribution in [3.63, 3.8) is 0 Å². The molecule has 1 aliphatic heterocycles. The number of carbonyl (C=O) groups is 2. The van der Waals surface area contributed by atoms with Gasteiger partial charge in [-0.2, -0.15) is 5.10 Å². The van der Waals surface area contributed by atoms with Crippen molar-refractivity contribution in [1.29, 1.82) is 0 Å². The molecular formula is C17H21N5O3. The van der Waals surface area contributed by atoms with Gasteiger partial charge in [0, 0.05) is 38.0 Å². The van der Waals surface area contributed by atoms with Crippen LogP contribution >= 0.6 is 0 Å². The molecule has 2 aromatic rings. The van der Waals surface area contributed by atoms with E-state index in [0.29, 0.717) is 18.8 Å². The first-order valence-electron chi connectivity index (χ1n) is 8.01. The third kappa shape index (κ3) is 3.90. The van der Waals surface area contributed by atoms with Gasteiger partial charge in [-0.25, -0.2) is 4.79 Å². The van der Waals surface area contributed by atoms with E-state index in [1.54, 1.807) is 30.2 Å². The molecular weight excluding hydrogens is 322 g/mol. The van der Waals surface area contributed by atoms with Crippen LogP contribution in [-0.4, -0.2) is 53.8 Å². The van der Waals surface area contributed by atoms with Gasteiger partial charge < -0.3 is 19.9 Å². The molecule has 132 valence electrons. The molecule has 25 heavy (non-hydrogen) atoms. The van der Waals surface area contributed by atoms with Gasteiger partial charge in [-0.3, -0.25) is 9.89 Å². The lowest BCUT2D eigenvalue weighted by molar-refractivity contribution is -0.117. The highest BCUT2D eigenvalue weighted by atomic mass is 16.5. The van der Waals surface area contributed by atoms with E-state index in [1.165, 1.54) is 0 Å². The predicted octanol–water partition coefficient (Wildman–Crippen LogP) is 1.37. The first kappa shape index (κ1) is 16.8. The Balaban J connectivity index is 1.59. The van der Waals surface area contributed by atoms with Crippen molar-refractivity contribution < 1.29 is 14.3 Å². The lowest BCUT2D eigenvalue weighted by Gasteiger charge is -2.21. The zero-order valence-corrected chi connectivity index (χ0v) is 14.2. The number of aromatic nitrogens is 2. The number of anilines is 1. The molecule has 1 unspecified atom stereocenters. The highest BCUT2D eigenvalue weighted by molar-refractivity contribution is 5.97. The van der Waals surface area contributed by atoms with Crippen LogP contribution in [0.15, 0.2) is 36.5 Å². The van der Waals surface area contributed by atoms with Gasteiger partial charge in [-0.15, -0.1) is 0 Å². The van der Waals surface area contributed by atoms with Gasteiger partial charge in [0.05, 0.1) is 25.4 Å². The Morgan fingerprint density at radius 2 is 2.32 bits per heavy atom. The maximum Gasteiger partial charge on any atom is 0.317 e. The van der Waals surface area contributed by atoms with Crippen molar-refractivity contribution in [1.82, 2.24) is 20.4 Å². The second-order valence-electron chi connectivity index (χ2n) is 5.99. The van der Waals surface area contributed by atoms with Crippen LogP contribution in [0.5, 0.6) is 5.75 Å². The van der Waals surface area contributed by atoms with E-state index in [1.807, 2.05) is 30.3 Å². The zero-order valence-electron chi connectivity index (χ0n) is 14.2. The minimum atomic E-state index is -0.226. The number of benzene rings is 1. The Morgan fingerprint density at radius 3 is 3.04 bits per heavy atom. The molecule has 1 aliphatic rings. The normalized spacial score (nSPS) is 16.8. The van der Waals surface area contributed by atoms with Gasteiger partial charge in [0.1, 0.15) is 5.75 Å². The van der Waals surface area contributed by atoms with Gasteiger partial charge >= 0.3 is 6.03 Å². The molecule has 8 heteroatoms. The Morgan fingerprint density at radius 1 is 1.48 bits per heavy atom. The second-order valence-corrected chi connectivity index (χ2v) is 5.99. The topological polar surface area (TPSA) is 90.6 Å². The van der Waals surface area contributed by atoms with Crippen LogP contribution in [0.25, 0.3) is 0 Å². The summed E-state index contributed by atoms with van der Waals surface area (Å²) in [6.45, 7) is 0.863. The molecule has 2 heterocycles. The minimum Gasteiger partial charge on any atom is -0.497 e. The van der Waals surface area contributed by atoms with Crippen LogP contribution in [0.3, 0.4) is 0 Å². The van der Waals surface area contributed by atoms with Crippen molar-refractivity contribution in [3.05, 3.63) is 42.2 Å². The number of methoxy groups -OCH3 is 1. The van der Waals surface area contributed by atoms with Crippen molar-refractivity contribution in [3.8, 4) is 5.75 Å². The minimum absolute atomic E-state index is 0.0187. The number of urea groups is 1. The van der Waals surface area contributed by atoms with Gasteiger partial charge in [-0.1, -0.05) is 6.07 Å². The summed E-state index contributed by atoms with van der Waals surface area (Å²) in [5, 5.41) is 9.59. The van der Waals surface area contributed by atoms with Gasteiger partial charge in [0.2, 0.25) is 5.91 Å². The number of H-pyrrole nitrogens is 1. The molecule has 3 rings (SSSR count). The summed E-state index contributed by atoms with van der Waals surface area (Å²) in [5.74, 6) is 0.673. The standard InChI is InChI=1S/C17H21N5O3/c1-21(10-12-6-7-18-20-12)17(24)19-13-8-16(23)22(11-13)14-4-3-5-15(9-14)25-2/h3-7,9,13H,8,10-11H2,1-2H3,(H,18,20)(H,19,24). The van der Waals surface area contributed by atoms with Gasteiger partial charge in [0.25, 0.3) is 0 Å². The average Bonchev–Trinajstić information content (AvgIpc) is 3.24. The van der Waals surface area contributed by atoms with Crippen LogP contribution in [0.4, 0.5) is 10.5 Å².